The molecule has 18 heteroatoms. The summed E-state index contributed by atoms with van der Waals surface area (Å²) in [6, 6.07) is 0.279. The lowest BCUT2D eigenvalue weighted by molar-refractivity contribution is -0.428. The first-order valence-electron chi connectivity index (χ1n) is 9.85. The molecule has 0 unspecified atom stereocenters. The van der Waals surface area contributed by atoms with Crippen molar-refractivity contribution in [2.24, 2.45) is 0 Å². The Balaban J connectivity index is 2.67. The van der Waals surface area contributed by atoms with Crippen LogP contribution in [0.1, 0.15) is 6.42 Å². The van der Waals surface area contributed by atoms with E-state index < -0.39 is 65.0 Å². The van der Waals surface area contributed by atoms with Gasteiger partial charge in [-0.05, 0) is 58.3 Å². The van der Waals surface area contributed by atoms with Crippen LogP contribution in [0.15, 0.2) is 0 Å². The summed E-state index contributed by atoms with van der Waals surface area (Å²) in [4.78, 5) is 11.5. The van der Waals surface area contributed by atoms with Crippen molar-refractivity contribution in [3.63, 3.8) is 0 Å². The highest BCUT2D eigenvalue weighted by molar-refractivity contribution is 6.93. The molecule has 1 rings (SSSR count). The van der Waals surface area contributed by atoms with Crippen LogP contribution in [-0.4, -0.2) is 71.6 Å². The largest absolute Gasteiger partial charge is 0.464 e. The Morgan fingerprint density at radius 2 is 1.12 bits per heavy atom. The number of hydrogen-bond acceptors (Lipinski definition) is 7. The van der Waals surface area contributed by atoms with Gasteiger partial charge < -0.3 is 25.9 Å². The highest BCUT2D eigenvalue weighted by Crippen LogP contribution is 2.46. The van der Waals surface area contributed by atoms with Crippen molar-refractivity contribution in [3.8, 4) is 0 Å². The Kier molecular flexibility index (Phi) is 9.25. The van der Waals surface area contributed by atoms with Gasteiger partial charge in [-0.25, -0.2) is 4.79 Å². The van der Waals surface area contributed by atoms with E-state index in [4.69, 9.17) is 16.5 Å². The van der Waals surface area contributed by atoms with E-state index in [1.54, 1.807) is 6.55 Å². The Morgan fingerprint density at radius 1 is 0.727 bits per heavy atom. The summed E-state index contributed by atoms with van der Waals surface area (Å²) in [7, 11) is -10.7. The Bertz CT molecular complexity index is 665. The molecule has 33 heavy (non-hydrogen) atoms. The van der Waals surface area contributed by atoms with Gasteiger partial charge in [0.25, 0.3) is 0 Å². The van der Waals surface area contributed by atoms with E-state index in [0.717, 1.165) is 0 Å². The molecule has 0 bridgehead atoms. The maximum atomic E-state index is 13.4. The van der Waals surface area contributed by atoms with Gasteiger partial charge in [-0.15, -0.1) is 0 Å². The van der Waals surface area contributed by atoms with Crippen molar-refractivity contribution in [1.29, 1.82) is 0 Å². The maximum Gasteiger partial charge on any atom is 0.458 e. The van der Waals surface area contributed by atoms with Gasteiger partial charge in [0, 0.05) is 0 Å². The molecule has 1 heterocycles. The van der Waals surface area contributed by atoms with E-state index in [1.807, 2.05) is 39.3 Å². The lowest BCUT2D eigenvalue weighted by Gasteiger charge is -2.47. The van der Waals surface area contributed by atoms with Gasteiger partial charge in [0.05, 0.1) is 6.61 Å². The van der Waals surface area contributed by atoms with Crippen molar-refractivity contribution in [2.45, 2.75) is 76.5 Å². The van der Waals surface area contributed by atoms with E-state index in [-0.39, 0.29) is 19.1 Å². The zero-order chi connectivity index (χ0) is 26.1. The Hall–Kier alpha value is -0.352. The predicted molar refractivity (Wildman–Crippen MR) is 111 cm³/mol. The van der Waals surface area contributed by atoms with Crippen LogP contribution >= 0.6 is 0 Å². The fourth-order valence-electron chi connectivity index (χ4n) is 3.51. The van der Waals surface area contributed by atoms with Crippen LogP contribution in [-0.2, 0) is 30.7 Å². The molecule has 0 spiro atoms. The van der Waals surface area contributed by atoms with Gasteiger partial charge in [0.15, 0.2) is 0 Å². The zero-order valence-electron chi connectivity index (χ0n) is 19.3. The summed E-state index contributed by atoms with van der Waals surface area (Å²) >= 11 is 0. The summed E-state index contributed by atoms with van der Waals surface area (Å²) in [5.74, 6) is -7.57. The fraction of sp³-hybridized carbons (Fsp3) is 0.933. The average Bonchev–Trinajstić information content (AvgIpc) is 2.49. The second-order valence-corrected chi connectivity index (χ2v) is 23.4. The molecule has 1 aliphatic rings. The van der Waals surface area contributed by atoms with E-state index >= 15 is 0 Å². The van der Waals surface area contributed by atoms with Gasteiger partial charge in [-0.1, -0.05) is 0 Å². The van der Waals surface area contributed by atoms with Gasteiger partial charge in [0.1, 0.15) is 6.61 Å². The molecule has 1 aliphatic heterocycles. The fourth-order valence-corrected chi connectivity index (χ4v) is 25.1. The Morgan fingerprint density at radius 3 is 1.52 bits per heavy atom. The van der Waals surface area contributed by atoms with E-state index in [1.165, 1.54) is 0 Å². The lowest BCUT2D eigenvalue weighted by atomic mass is 10.3. The number of rotatable bonds is 7. The normalized spacial score (nSPS) is 22.8. The van der Waals surface area contributed by atoms with Crippen molar-refractivity contribution in [3.05, 3.63) is 0 Å². The molecule has 0 amide bonds. The minimum Gasteiger partial charge on any atom is -0.464 e. The molecular weight excluding hydrogens is 537 g/mol. The van der Waals surface area contributed by atoms with Crippen LogP contribution in [0.3, 0.4) is 0 Å². The van der Waals surface area contributed by atoms with Gasteiger partial charge in [-0.2, -0.15) is 30.7 Å². The standard InChI is InChI=1S/C15H29F7O7Si4/c1-30(2)26-31(3,4)28-33(7,29-32(5,6)27-30)10-8-9-24-12(23)11-25-13(16,14(17,18)19)15(20,21)22/h8-11H2,1-7H3. The van der Waals surface area contributed by atoms with Gasteiger partial charge in [0.2, 0.25) is 0 Å². The third-order valence-electron chi connectivity index (χ3n) is 4.06. The van der Waals surface area contributed by atoms with Crippen LogP contribution in [0.2, 0.25) is 51.9 Å². The highest BCUT2D eigenvalue weighted by Gasteiger charge is 2.74. The van der Waals surface area contributed by atoms with Crippen molar-refractivity contribution in [1.82, 2.24) is 0 Å². The SMILES string of the molecule is C[Si]1(C)O[Si](C)(C)O[Si](C)(CCCOC(=O)COC(F)(C(F)(F)F)C(F)(F)F)O[Si](C)(C)O1. The third kappa shape index (κ3) is 8.98. The number of carbonyl (C=O) groups excluding carboxylic acids is 1. The van der Waals surface area contributed by atoms with Crippen molar-refractivity contribution in [2.75, 3.05) is 13.2 Å². The summed E-state index contributed by atoms with van der Waals surface area (Å²) < 4.78 is 121. The second-order valence-electron chi connectivity index (χ2n) is 8.95. The minimum absolute atomic E-state index is 0.129. The molecule has 7 nitrogen and oxygen atoms in total. The molecule has 0 aliphatic carbocycles. The molecule has 0 radical (unpaired) electrons. The smallest absolute Gasteiger partial charge is 0.458 e. The summed E-state index contributed by atoms with van der Waals surface area (Å²) in [5, 5.41) is 0. The maximum absolute atomic E-state index is 13.4. The van der Waals surface area contributed by atoms with Crippen LogP contribution in [0.4, 0.5) is 30.7 Å². The number of carbonyl (C=O) groups is 1. The second kappa shape index (κ2) is 9.95. The van der Waals surface area contributed by atoms with E-state index in [0.29, 0.717) is 0 Å². The summed E-state index contributed by atoms with van der Waals surface area (Å²) in [6.07, 6.45) is -12.7. The van der Waals surface area contributed by atoms with Crippen LogP contribution in [0, 0.1) is 0 Å². The molecule has 196 valence electrons. The lowest BCUT2D eigenvalue weighted by Crippen LogP contribution is -2.65. The van der Waals surface area contributed by atoms with Crippen LogP contribution in [0.5, 0.6) is 0 Å². The van der Waals surface area contributed by atoms with Crippen LogP contribution < -0.4 is 0 Å². The average molecular weight is 567 g/mol. The zero-order valence-corrected chi connectivity index (χ0v) is 23.3. The Labute approximate surface area is 191 Å². The summed E-state index contributed by atoms with van der Waals surface area (Å²) in [6.45, 7) is 10.6. The predicted octanol–water partition coefficient (Wildman–Crippen LogP) is 4.98. The summed E-state index contributed by atoms with van der Waals surface area (Å²) in [5.41, 5.74) is 0. The molecule has 0 aromatic carbocycles. The number of ether oxygens (including phenoxy) is 2. The number of halogens is 7. The molecule has 0 aromatic heterocycles. The highest BCUT2D eigenvalue weighted by atomic mass is 28.5. The molecule has 0 saturated carbocycles. The molecular formula is C15H29F7O7Si4. The number of esters is 1. The third-order valence-corrected chi connectivity index (χ3v) is 20.6. The molecule has 1 fully saturated rings. The molecule has 0 atom stereocenters. The van der Waals surface area contributed by atoms with Gasteiger partial charge in [-0.3, -0.25) is 0 Å². The quantitative estimate of drug-likeness (QED) is 0.186. The van der Waals surface area contributed by atoms with Crippen LogP contribution in [0.25, 0.3) is 0 Å². The monoisotopic (exact) mass is 566 g/mol. The first-order chi connectivity index (χ1) is 14.4. The topological polar surface area (TPSA) is 72.5 Å². The van der Waals surface area contributed by atoms with E-state index in [2.05, 4.69) is 9.47 Å². The first kappa shape index (κ1) is 30.7. The van der Waals surface area contributed by atoms with Crippen molar-refractivity contribution >= 4 is 40.2 Å². The van der Waals surface area contributed by atoms with Gasteiger partial charge >= 0.3 is 58.4 Å². The number of alkyl halides is 7. The molecule has 0 aromatic rings. The van der Waals surface area contributed by atoms with Crippen molar-refractivity contribution < 1.29 is 61.5 Å². The van der Waals surface area contributed by atoms with E-state index in [9.17, 15) is 35.5 Å². The molecule has 0 N–H and O–H groups in total. The number of hydrogen-bond donors (Lipinski definition) is 0. The first-order valence-corrected chi connectivity index (χ1v) is 20.8. The molecule has 1 saturated heterocycles. The minimum atomic E-state index is -6.42.